The van der Waals surface area contributed by atoms with Crippen molar-refractivity contribution in [3.05, 3.63) is 131 Å². The van der Waals surface area contributed by atoms with Gasteiger partial charge in [-0.25, -0.2) is 0 Å². The van der Waals surface area contributed by atoms with Crippen LogP contribution in [0.5, 0.6) is 5.75 Å². The molecule has 0 bridgehead atoms. The Hall–Kier alpha value is -3.32. The minimum Gasteiger partial charge on any atom is -0.456 e. The predicted octanol–water partition coefficient (Wildman–Crippen LogP) is 7.32. The number of benzene rings is 3. The van der Waals surface area contributed by atoms with Crippen molar-refractivity contribution in [2.24, 2.45) is 0 Å². The maximum atomic E-state index is 6.42. The largest absolute Gasteiger partial charge is 0.456 e. The number of fused-ring (bicyclic) bond motifs is 1. The van der Waals surface area contributed by atoms with Gasteiger partial charge in [-0.3, -0.25) is 0 Å². The van der Waals surface area contributed by atoms with Crippen LogP contribution in [0.15, 0.2) is 114 Å². The van der Waals surface area contributed by atoms with E-state index >= 15 is 0 Å². The number of ether oxygens (including phenoxy) is 1. The van der Waals surface area contributed by atoms with Gasteiger partial charge in [-0.15, -0.1) is 0 Å². The van der Waals surface area contributed by atoms with E-state index in [0.29, 0.717) is 0 Å². The lowest BCUT2D eigenvalue weighted by molar-refractivity contribution is 0.439. The molecule has 1 aliphatic carbocycles. The van der Waals surface area contributed by atoms with E-state index in [-0.39, 0.29) is 5.41 Å². The maximum absolute atomic E-state index is 6.42. The molecule has 29 heavy (non-hydrogen) atoms. The molecule has 0 heterocycles. The molecule has 1 nitrogen and oxygen atoms in total. The van der Waals surface area contributed by atoms with Crippen molar-refractivity contribution in [1.82, 2.24) is 0 Å². The highest BCUT2D eigenvalue weighted by atomic mass is 16.5. The molecule has 0 fully saturated rings. The van der Waals surface area contributed by atoms with Gasteiger partial charge in [0, 0.05) is 11.0 Å². The van der Waals surface area contributed by atoms with Crippen LogP contribution in [0, 0.1) is 0 Å². The first kappa shape index (κ1) is 19.0. The Kier molecular flexibility index (Phi) is 4.98. The van der Waals surface area contributed by atoms with Gasteiger partial charge in [-0.1, -0.05) is 85.5 Å². The number of allylic oxidation sites excluding steroid dienone is 4. The fourth-order valence-corrected chi connectivity index (χ4v) is 4.40. The van der Waals surface area contributed by atoms with Gasteiger partial charge < -0.3 is 4.74 Å². The molecule has 144 valence electrons. The summed E-state index contributed by atoms with van der Waals surface area (Å²) in [5.74, 6) is 1.65. The molecule has 0 N–H and O–H groups in total. The van der Waals surface area contributed by atoms with Crippen molar-refractivity contribution >= 4 is 5.57 Å². The summed E-state index contributed by atoms with van der Waals surface area (Å²) in [6.45, 7) is 10.7. The molecule has 0 amide bonds. The van der Waals surface area contributed by atoms with Gasteiger partial charge in [-0.2, -0.15) is 0 Å². The second-order valence-corrected chi connectivity index (χ2v) is 7.64. The quantitative estimate of drug-likeness (QED) is 0.432. The summed E-state index contributed by atoms with van der Waals surface area (Å²) in [6.07, 6.45) is 2.22. The highest BCUT2D eigenvalue weighted by Crippen LogP contribution is 2.54. The Morgan fingerprint density at radius 2 is 1.45 bits per heavy atom. The molecule has 0 saturated heterocycles. The van der Waals surface area contributed by atoms with Gasteiger partial charge >= 0.3 is 0 Å². The van der Waals surface area contributed by atoms with Gasteiger partial charge in [-0.05, 0) is 60.7 Å². The summed E-state index contributed by atoms with van der Waals surface area (Å²) in [4.78, 5) is 0. The van der Waals surface area contributed by atoms with Crippen molar-refractivity contribution in [3.8, 4) is 5.75 Å². The summed E-state index contributed by atoms with van der Waals surface area (Å²) in [6, 6.07) is 29.3. The summed E-state index contributed by atoms with van der Waals surface area (Å²) in [5.41, 5.74) is 6.82. The Labute approximate surface area is 173 Å². The van der Waals surface area contributed by atoms with Crippen LogP contribution in [0.25, 0.3) is 5.57 Å². The monoisotopic (exact) mass is 378 g/mol. The van der Waals surface area contributed by atoms with Crippen LogP contribution >= 0.6 is 0 Å². The lowest BCUT2D eigenvalue weighted by Gasteiger charge is -2.29. The molecule has 3 aromatic carbocycles. The second kappa shape index (κ2) is 7.60. The number of para-hydroxylation sites is 1. The van der Waals surface area contributed by atoms with Gasteiger partial charge in [0.05, 0.1) is 0 Å². The zero-order valence-corrected chi connectivity index (χ0v) is 17.3. The van der Waals surface area contributed by atoms with E-state index in [4.69, 9.17) is 4.74 Å². The van der Waals surface area contributed by atoms with E-state index in [1.807, 2.05) is 37.3 Å². The lowest BCUT2D eigenvalue weighted by atomic mass is 9.74. The van der Waals surface area contributed by atoms with Gasteiger partial charge in [0.15, 0.2) is 0 Å². The number of hydrogen-bond donors (Lipinski definition) is 0. The lowest BCUT2D eigenvalue weighted by Crippen LogP contribution is -2.22. The Morgan fingerprint density at radius 3 is 2.07 bits per heavy atom. The van der Waals surface area contributed by atoms with E-state index in [0.717, 1.165) is 22.7 Å². The summed E-state index contributed by atoms with van der Waals surface area (Å²) in [5, 5.41) is 0. The van der Waals surface area contributed by atoms with E-state index in [1.165, 1.54) is 22.3 Å². The summed E-state index contributed by atoms with van der Waals surface area (Å²) in [7, 11) is 0. The molecule has 0 aromatic heterocycles. The average Bonchev–Trinajstić information content (AvgIpc) is 3.02. The molecular formula is C28H26O. The fourth-order valence-electron chi connectivity index (χ4n) is 4.40. The van der Waals surface area contributed by atoms with Crippen molar-refractivity contribution < 1.29 is 4.74 Å². The summed E-state index contributed by atoms with van der Waals surface area (Å²) < 4.78 is 6.42. The minimum atomic E-state index is -0.247. The Balaban J connectivity index is 2.00. The van der Waals surface area contributed by atoms with E-state index in [9.17, 15) is 0 Å². The number of hydrogen-bond acceptors (Lipinski definition) is 1. The first-order chi connectivity index (χ1) is 14.1. The maximum Gasteiger partial charge on any atom is 0.137 e. The van der Waals surface area contributed by atoms with Crippen LogP contribution in [0.4, 0.5) is 0 Å². The van der Waals surface area contributed by atoms with Crippen LogP contribution in [0.3, 0.4) is 0 Å². The second-order valence-electron chi connectivity index (χ2n) is 7.64. The van der Waals surface area contributed by atoms with E-state index < -0.39 is 0 Å². The molecule has 1 aliphatic rings. The van der Waals surface area contributed by atoms with Crippen molar-refractivity contribution in [2.45, 2.75) is 26.2 Å². The summed E-state index contributed by atoms with van der Waals surface area (Å²) >= 11 is 0. The van der Waals surface area contributed by atoms with Crippen LogP contribution in [-0.4, -0.2) is 0 Å². The molecular weight excluding hydrogens is 352 g/mol. The average molecular weight is 379 g/mol. The topological polar surface area (TPSA) is 9.23 Å². The van der Waals surface area contributed by atoms with Crippen LogP contribution < -0.4 is 4.74 Å². The van der Waals surface area contributed by atoms with Crippen LogP contribution in [-0.2, 0) is 5.41 Å². The Morgan fingerprint density at radius 1 is 0.862 bits per heavy atom. The molecule has 3 aromatic rings. The van der Waals surface area contributed by atoms with Crippen LogP contribution in [0.2, 0.25) is 0 Å². The molecule has 1 atom stereocenters. The van der Waals surface area contributed by atoms with Crippen molar-refractivity contribution in [1.29, 1.82) is 0 Å². The van der Waals surface area contributed by atoms with Crippen molar-refractivity contribution in [3.63, 3.8) is 0 Å². The molecule has 1 unspecified atom stereocenters. The SMILES string of the molecule is C=C(C)/C(Oc1ccccc1)=C1\C(=C/C)C(C)(c2ccccc2)c2ccccc21. The van der Waals surface area contributed by atoms with Gasteiger partial charge in [0.2, 0.25) is 0 Å². The van der Waals surface area contributed by atoms with E-state index in [1.54, 1.807) is 0 Å². The smallest absolute Gasteiger partial charge is 0.137 e. The van der Waals surface area contributed by atoms with Gasteiger partial charge in [0.1, 0.15) is 11.5 Å². The predicted molar refractivity (Wildman–Crippen MR) is 122 cm³/mol. The highest BCUT2D eigenvalue weighted by Gasteiger charge is 2.44. The van der Waals surface area contributed by atoms with Gasteiger partial charge in [0.25, 0.3) is 0 Å². The molecule has 0 aliphatic heterocycles. The standard InChI is InChI=1S/C28H26O/c1-5-24-26(27(20(2)3)29-22-16-10-7-11-17-22)23-18-12-13-19-25(23)28(24,4)21-14-8-6-9-15-21/h5-19H,2H2,1,3-4H3/b24-5+,27-26+. The van der Waals surface area contributed by atoms with E-state index in [2.05, 4.69) is 81.1 Å². The third-order valence-corrected chi connectivity index (χ3v) is 5.76. The number of rotatable bonds is 4. The zero-order valence-electron chi connectivity index (χ0n) is 17.3. The molecule has 1 heteroatoms. The Bertz CT molecular complexity index is 1100. The third-order valence-electron chi connectivity index (χ3n) is 5.76. The molecule has 4 rings (SSSR count). The van der Waals surface area contributed by atoms with Crippen molar-refractivity contribution in [2.75, 3.05) is 0 Å². The zero-order chi connectivity index (χ0) is 20.4. The minimum absolute atomic E-state index is 0.247. The molecule has 0 radical (unpaired) electrons. The third kappa shape index (κ3) is 3.13. The normalized spacial score (nSPS) is 21.0. The first-order valence-electron chi connectivity index (χ1n) is 10.0. The fraction of sp³-hybridized carbons (Fsp3) is 0.143. The first-order valence-corrected chi connectivity index (χ1v) is 10.0. The molecule has 0 spiro atoms. The molecule has 0 saturated carbocycles. The highest BCUT2D eigenvalue weighted by molar-refractivity contribution is 5.94. The van der Waals surface area contributed by atoms with Crippen LogP contribution in [0.1, 0.15) is 37.5 Å².